The highest BCUT2D eigenvalue weighted by Gasteiger charge is 2.17. The lowest BCUT2D eigenvalue weighted by molar-refractivity contribution is 0.0696. The Morgan fingerprint density at radius 3 is 2.50 bits per heavy atom. The van der Waals surface area contributed by atoms with Gasteiger partial charge in [0.05, 0.1) is 5.56 Å². The highest BCUT2D eigenvalue weighted by atomic mass is 79.9. The molecule has 2 rings (SSSR count). The Kier molecular flexibility index (Phi) is 3.21. The zero-order valence-electron chi connectivity index (χ0n) is 10.2. The highest BCUT2D eigenvalue weighted by Crippen LogP contribution is 2.30. The third-order valence-electron chi connectivity index (χ3n) is 2.84. The molecular weight excluding hydrogens is 298 g/mol. The van der Waals surface area contributed by atoms with E-state index in [4.69, 9.17) is 5.11 Å². The average Bonchev–Trinajstić information content (AvgIpc) is 2.59. The van der Waals surface area contributed by atoms with Gasteiger partial charge in [-0.05, 0) is 47.0 Å². The Morgan fingerprint density at radius 1 is 1.33 bits per heavy atom. The normalized spacial score (nSPS) is 10.7. The second kappa shape index (κ2) is 4.53. The fraction of sp³-hybridized carbons (Fsp3) is 0.250. The van der Waals surface area contributed by atoms with Crippen molar-refractivity contribution in [2.75, 3.05) is 0 Å². The predicted octanol–water partition coefficient (Wildman–Crippen LogP) is 2.56. The second-order valence-electron chi connectivity index (χ2n) is 4.14. The van der Waals surface area contributed by atoms with E-state index >= 15 is 0 Å². The third kappa shape index (κ3) is 2.03. The molecule has 1 N–H and O–H groups in total. The van der Waals surface area contributed by atoms with Gasteiger partial charge in [0.15, 0.2) is 4.60 Å². The molecule has 0 unspecified atom stereocenters. The number of hydrogen-bond acceptors (Lipinski definition) is 3. The molecule has 0 amide bonds. The number of carbonyl (C=O) groups is 1. The van der Waals surface area contributed by atoms with Gasteiger partial charge in [0, 0.05) is 12.6 Å². The second-order valence-corrected chi connectivity index (χ2v) is 4.89. The molecule has 5 nitrogen and oxygen atoms in total. The van der Waals surface area contributed by atoms with Crippen molar-refractivity contribution >= 4 is 21.9 Å². The monoisotopic (exact) mass is 309 g/mol. The molecule has 0 spiro atoms. The van der Waals surface area contributed by atoms with Gasteiger partial charge in [0.1, 0.15) is 5.69 Å². The van der Waals surface area contributed by atoms with Crippen LogP contribution in [-0.2, 0) is 7.05 Å². The van der Waals surface area contributed by atoms with Crippen molar-refractivity contribution in [2.24, 2.45) is 7.05 Å². The minimum absolute atomic E-state index is 0.295. The van der Waals surface area contributed by atoms with Gasteiger partial charge in [-0.15, -0.1) is 5.10 Å². The van der Waals surface area contributed by atoms with Crippen molar-refractivity contribution in [1.82, 2.24) is 15.0 Å². The van der Waals surface area contributed by atoms with Crippen LogP contribution in [0.25, 0.3) is 11.3 Å². The number of aromatic nitrogens is 3. The van der Waals surface area contributed by atoms with Gasteiger partial charge in [-0.3, -0.25) is 0 Å². The molecule has 18 heavy (non-hydrogen) atoms. The van der Waals surface area contributed by atoms with Crippen LogP contribution in [0, 0.1) is 13.8 Å². The van der Waals surface area contributed by atoms with Crippen LogP contribution in [-0.4, -0.2) is 26.1 Å². The summed E-state index contributed by atoms with van der Waals surface area (Å²) in [6, 6.07) is 3.52. The van der Waals surface area contributed by atoms with Gasteiger partial charge >= 0.3 is 5.97 Å². The number of aromatic carboxylic acids is 1. The lowest BCUT2D eigenvalue weighted by Gasteiger charge is -2.10. The Labute approximate surface area is 113 Å². The number of nitrogens with zero attached hydrogens (tertiary/aromatic N) is 3. The molecule has 0 saturated heterocycles. The molecular formula is C12H12BrN3O2. The van der Waals surface area contributed by atoms with E-state index in [0.29, 0.717) is 10.2 Å². The first-order chi connectivity index (χ1) is 8.41. The first-order valence-electron chi connectivity index (χ1n) is 5.32. The minimum atomic E-state index is -0.931. The standard InChI is InChI=1S/C12H12BrN3O2/c1-6-4-7(2)9(12(17)18)5-8(6)10-11(13)14-15-16(10)3/h4-5H,1-3H3,(H,17,18). The zero-order valence-corrected chi connectivity index (χ0v) is 11.8. The number of aryl methyl sites for hydroxylation is 3. The number of carboxylic acids is 1. The first-order valence-corrected chi connectivity index (χ1v) is 6.11. The molecule has 1 aromatic heterocycles. The maximum absolute atomic E-state index is 11.2. The van der Waals surface area contributed by atoms with Crippen molar-refractivity contribution in [3.8, 4) is 11.3 Å². The van der Waals surface area contributed by atoms with Crippen molar-refractivity contribution < 1.29 is 9.90 Å². The molecule has 0 atom stereocenters. The number of rotatable bonds is 2. The van der Waals surface area contributed by atoms with Gasteiger partial charge in [0.25, 0.3) is 0 Å². The van der Waals surface area contributed by atoms with Gasteiger partial charge < -0.3 is 5.11 Å². The van der Waals surface area contributed by atoms with Crippen LogP contribution >= 0.6 is 15.9 Å². The van der Waals surface area contributed by atoms with E-state index < -0.39 is 5.97 Å². The van der Waals surface area contributed by atoms with Crippen LogP contribution in [0.15, 0.2) is 16.7 Å². The van der Waals surface area contributed by atoms with E-state index in [9.17, 15) is 4.79 Å². The largest absolute Gasteiger partial charge is 0.478 e. The van der Waals surface area contributed by atoms with Crippen LogP contribution < -0.4 is 0 Å². The summed E-state index contributed by atoms with van der Waals surface area (Å²) in [6.07, 6.45) is 0. The number of carboxylic acid groups (broad SMARTS) is 1. The van der Waals surface area contributed by atoms with E-state index in [2.05, 4.69) is 26.2 Å². The molecule has 0 aliphatic heterocycles. The lowest BCUT2D eigenvalue weighted by atomic mass is 9.98. The summed E-state index contributed by atoms with van der Waals surface area (Å²) in [7, 11) is 1.77. The van der Waals surface area contributed by atoms with Crippen molar-refractivity contribution in [2.45, 2.75) is 13.8 Å². The molecule has 0 aliphatic carbocycles. The zero-order chi connectivity index (χ0) is 13.4. The summed E-state index contributed by atoms with van der Waals surface area (Å²) in [5, 5.41) is 17.0. The fourth-order valence-corrected chi connectivity index (χ4v) is 2.50. The smallest absolute Gasteiger partial charge is 0.335 e. The molecule has 1 heterocycles. The van der Waals surface area contributed by atoms with E-state index in [1.165, 1.54) is 0 Å². The van der Waals surface area contributed by atoms with E-state index in [1.54, 1.807) is 24.7 Å². The predicted molar refractivity (Wildman–Crippen MR) is 70.6 cm³/mol. The fourth-order valence-electron chi connectivity index (χ4n) is 1.96. The number of hydrogen-bond donors (Lipinski definition) is 1. The van der Waals surface area contributed by atoms with Crippen LogP contribution in [0.1, 0.15) is 21.5 Å². The van der Waals surface area contributed by atoms with Gasteiger partial charge in [-0.2, -0.15) is 0 Å². The van der Waals surface area contributed by atoms with Gasteiger partial charge in [-0.1, -0.05) is 11.3 Å². The quantitative estimate of drug-likeness (QED) is 0.925. The van der Waals surface area contributed by atoms with Crippen LogP contribution in [0.3, 0.4) is 0 Å². The summed E-state index contributed by atoms with van der Waals surface area (Å²) >= 11 is 3.33. The van der Waals surface area contributed by atoms with Gasteiger partial charge in [-0.25, -0.2) is 9.48 Å². The number of halogens is 1. The van der Waals surface area contributed by atoms with Crippen LogP contribution in [0.4, 0.5) is 0 Å². The Hall–Kier alpha value is -1.69. The van der Waals surface area contributed by atoms with Crippen molar-refractivity contribution in [3.05, 3.63) is 33.4 Å². The first kappa shape index (κ1) is 12.8. The summed E-state index contributed by atoms with van der Waals surface area (Å²) in [5.41, 5.74) is 3.62. The van der Waals surface area contributed by atoms with Crippen LogP contribution in [0.2, 0.25) is 0 Å². The third-order valence-corrected chi connectivity index (χ3v) is 3.38. The summed E-state index contributed by atoms with van der Waals surface area (Å²) in [5.74, 6) is -0.931. The molecule has 0 aliphatic rings. The Morgan fingerprint density at radius 2 is 2.00 bits per heavy atom. The lowest BCUT2D eigenvalue weighted by Crippen LogP contribution is -2.03. The highest BCUT2D eigenvalue weighted by molar-refractivity contribution is 9.10. The maximum Gasteiger partial charge on any atom is 0.335 e. The molecule has 0 radical (unpaired) electrons. The molecule has 0 bridgehead atoms. The maximum atomic E-state index is 11.2. The molecule has 6 heteroatoms. The summed E-state index contributed by atoms with van der Waals surface area (Å²) in [6.45, 7) is 3.73. The molecule has 94 valence electrons. The van der Waals surface area contributed by atoms with E-state index in [0.717, 1.165) is 22.4 Å². The topological polar surface area (TPSA) is 68.0 Å². The van der Waals surface area contributed by atoms with Crippen molar-refractivity contribution in [1.29, 1.82) is 0 Å². The molecule has 2 aromatic rings. The molecule has 0 saturated carbocycles. The van der Waals surface area contributed by atoms with Crippen molar-refractivity contribution in [3.63, 3.8) is 0 Å². The summed E-state index contributed by atoms with van der Waals surface area (Å²) < 4.78 is 2.22. The van der Waals surface area contributed by atoms with Crippen LogP contribution in [0.5, 0.6) is 0 Å². The van der Waals surface area contributed by atoms with Gasteiger partial charge in [0.2, 0.25) is 0 Å². The molecule has 0 fully saturated rings. The SMILES string of the molecule is Cc1cc(C)c(-c2c(Br)nnn2C)cc1C(=O)O. The number of benzene rings is 1. The molecule has 1 aromatic carbocycles. The van der Waals surface area contributed by atoms with E-state index in [-0.39, 0.29) is 0 Å². The average molecular weight is 310 g/mol. The minimum Gasteiger partial charge on any atom is -0.478 e. The Balaban J connectivity index is 2.72. The van der Waals surface area contributed by atoms with E-state index in [1.807, 2.05) is 13.0 Å². The summed E-state index contributed by atoms with van der Waals surface area (Å²) in [4.78, 5) is 11.2. The Bertz CT molecular complexity index is 615.